The van der Waals surface area contributed by atoms with Gasteiger partial charge in [0.05, 0.1) is 23.1 Å². The number of ether oxygens (including phenoxy) is 1. The molecular weight excluding hydrogens is 395 g/mol. The first kappa shape index (κ1) is 21.8. The van der Waals surface area contributed by atoms with Gasteiger partial charge in [-0.25, -0.2) is 4.98 Å². The van der Waals surface area contributed by atoms with Crippen LogP contribution in [-0.4, -0.2) is 36.4 Å². The van der Waals surface area contributed by atoms with E-state index in [1.165, 1.54) is 18.4 Å². The minimum atomic E-state index is -4.74. The molecule has 0 fully saturated rings. The fraction of sp³-hybridized carbons (Fsp3) is 0.389. The lowest BCUT2D eigenvalue weighted by atomic mass is 10.1. The van der Waals surface area contributed by atoms with Crippen LogP contribution < -0.4 is 5.32 Å². The molecule has 0 aliphatic rings. The fourth-order valence-electron chi connectivity index (χ4n) is 2.24. The van der Waals surface area contributed by atoms with E-state index in [2.05, 4.69) is 10.3 Å². The third-order valence-electron chi connectivity index (χ3n) is 3.51. The molecule has 2 aromatic rings. The van der Waals surface area contributed by atoms with E-state index in [4.69, 9.17) is 9.15 Å². The highest BCUT2D eigenvalue weighted by Crippen LogP contribution is 2.37. The van der Waals surface area contributed by atoms with Crippen molar-refractivity contribution in [1.29, 1.82) is 5.26 Å². The number of pyridine rings is 1. The number of amides is 1. The first-order chi connectivity index (χ1) is 13.4. The minimum absolute atomic E-state index is 0.0593. The lowest BCUT2D eigenvalue weighted by molar-refractivity contribution is -0.138. The molecule has 28 heavy (non-hydrogen) atoms. The summed E-state index contributed by atoms with van der Waals surface area (Å²) in [4.78, 5) is 16.0. The van der Waals surface area contributed by atoms with Gasteiger partial charge in [-0.1, -0.05) is 11.8 Å². The first-order valence-electron chi connectivity index (χ1n) is 8.40. The Labute approximate surface area is 164 Å². The Bertz CT molecular complexity index is 833. The zero-order valence-electron chi connectivity index (χ0n) is 15.0. The van der Waals surface area contributed by atoms with Crippen molar-refractivity contribution in [2.24, 2.45) is 0 Å². The van der Waals surface area contributed by atoms with Gasteiger partial charge in [0.25, 0.3) is 0 Å². The van der Waals surface area contributed by atoms with Crippen LogP contribution >= 0.6 is 11.8 Å². The van der Waals surface area contributed by atoms with Crippen LogP contribution in [0.3, 0.4) is 0 Å². The molecule has 150 valence electrons. The third-order valence-corrected chi connectivity index (χ3v) is 4.48. The van der Waals surface area contributed by atoms with E-state index in [1.54, 1.807) is 6.07 Å². The number of aromatic nitrogens is 1. The maximum absolute atomic E-state index is 13.4. The van der Waals surface area contributed by atoms with E-state index >= 15 is 0 Å². The number of carbonyl (C=O) groups excluding carboxylic acids is 1. The Hall–Kier alpha value is -2.51. The van der Waals surface area contributed by atoms with Gasteiger partial charge in [0, 0.05) is 19.8 Å². The van der Waals surface area contributed by atoms with E-state index in [-0.39, 0.29) is 28.1 Å². The van der Waals surface area contributed by atoms with Crippen LogP contribution in [0.1, 0.15) is 24.5 Å². The van der Waals surface area contributed by atoms with Crippen LogP contribution in [-0.2, 0) is 15.7 Å². The molecule has 1 amide bonds. The third kappa shape index (κ3) is 6.00. The van der Waals surface area contributed by atoms with Gasteiger partial charge in [-0.3, -0.25) is 4.79 Å². The van der Waals surface area contributed by atoms with Crippen LogP contribution in [0, 0.1) is 11.3 Å². The average Bonchev–Trinajstić information content (AvgIpc) is 3.19. The van der Waals surface area contributed by atoms with Gasteiger partial charge in [0.1, 0.15) is 16.8 Å². The summed E-state index contributed by atoms with van der Waals surface area (Å²) >= 11 is 0.771. The van der Waals surface area contributed by atoms with E-state index < -0.39 is 17.3 Å². The second-order valence-corrected chi connectivity index (χ2v) is 6.48. The maximum Gasteiger partial charge on any atom is 0.417 e. The molecule has 0 radical (unpaired) electrons. The number of rotatable bonds is 9. The second kappa shape index (κ2) is 10.1. The van der Waals surface area contributed by atoms with Gasteiger partial charge in [-0.15, -0.1) is 0 Å². The molecule has 0 unspecified atom stereocenters. The molecule has 10 heteroatoms. The van der Waals surface area contributed by atoms with Crippen molar-refractivity contribution in [1.82, 2.24) is 10.3 Å². The first-order valence-corrected chi connectivity index (χ1v) is 9.38. The fourth-order valence-corrected chi connectivity index (χ4v) is 3.07. The monoisotopic (exact) mass is 413 g/mol. The van der Waals surface area contributed by atoms with E-state index in [0.717, 1.165) is 17.8 Å². The number of nitriles is 1. The van der Waals surface area contributed by atoms with Crippen molar-refractivity contribution < 1.29 is 27.1 Å². The Kier molecular flexibility index (Phi) is 7.90. The quantitative estimate of drug-likeness (QED) is 0.496. The summed E-state index contributed by atoms with van der Waals surface area (Å²) in [6.07, 6.45) is -2.81. The molecule has 0 aliphatic heterocycles. The molecule has 0 saturated carbocycles. The highest BCUT2D eigenvalue weighted by Gasteiger charge is 2.36. The molecule has 0 aliphatic carbocycles. The van der Waals surface area contributed by atoms with Gasteiger partial charge >= 0.3 is 6.18 Å². The summed E-state index contributed by atoms with van der Waals surface area (Å²) in [7, 11) is 0. The van der Waals surface area contributed by atoms with Crippen LogP contribution in [0.2, 0.25) is 0 Å². The number of carbonyl (C=O) groups is 1. The van der Waals surface area contributed by atoms with Crippen molar-refractivity contribution in [3.05, 3.63) is 35.6 Å². The van der Waals surface area contributed by atoms with Crippen LogP contribution in [0.25, 0.3) is 11.5 Å². The van der Waals surface area contributed by atoms with Crippen molar-refractivity contribution >= 4 is 17.7 Å². The number of hydrogen-bond donors (Lipinski definition) is 1. The largest absolute Gasteiger partial charge is 0.463 e. The Morgan fingerprint density at radius 3 is 2.86 bits per heavy atom. The molecule has 0 bridgehead atoms. The molecule has 2 rings (SSSR count). The zero-order chi connectivity index (χ0) is 20.6. The Balaban J connectivity index is 2.17. The van der Waals surface area contributed by atoms with Crippen LogP contribution in [0.5, 0.6) is 0 Å². The number of nitrogens with one attached hydrogen (secondary N) is 1. The van der Waals surface area contributed by atoms with Crippen molar-refractivity contribution in [2.45, 2.75) is 24.5 Å². The molecule has 0 atom stereocenters. The van der Waals surface area contributed by atoms with Crippen molar-refractivity contribution in [3.8, 4) is 17.5 Å². The lowest BCUT2D eigenvalue weighted by Gasteiger charge is -2.13. The predicted molar refractivity (Wildman–Crippen MR) is 96.5 cm³/mol. The van der Waals surface area contributed by atoms with Gasteiger partial charge in [-0.2, -0.15) is 18.4 Å². The summed E-state index contributed by atoms with van der Waals surface area (Å²) in [5.41, 5.74) is -1.79. The highest BCUT2D eigenvalue weighted by atomic mass is 32.2. The number of alkyl halides is 3. The topological polar surface area (TPSA) is 88.2 Å². The predicted octanol–water partition coefficient (Wildman–Crippen LogP) is 3.87. The van der Waals surface area contributed by atoms with Gasteiger partial charge in [-0.05, 0) is 31.5 Å². The summed E-state index contributed by atoms with van der Waals surface area (Å²) in [5, 5.41) is 11.7. The van der Waals surface area contributed by atoms with Gasteiger partial charge in [0.15, 0.2) is 5.76 Å². The molecular formula is C18H18F3N3O3S. The van der Waals surface area contributed by atoms with Crippen LogP contribution in [0.4, 0.5) is 13.2 Å². The number of thioether (sulfide) groups is 1. The SMILES string of the molecule is CCOCCCNC(=O)CSc1nc(-c2ccco2)cc(C(F)(F)F)c1C#N. The van der Waals surface area contributed by atoms with Crippen molar-refractivity contribution in [2.75, 3.05) is 25.5 Å². The second-order valence-electron chi connectivity index (χ2n) is 5.51. The molecule has 2 aromatic heterocycles. The minimum Gasteiger partial charge on any atom is -0.463 e. The number of furan rings is 1. The van der Waals surface area contributed by atoms with E-state index in [9.17, 15) is 23.2 Å². The number of hydrogen-bond acceptors (Lipinski definition) is 6. The van der Waals surface area contributed by atoms with E-state index in [0.29, 0.717) is 26.2 Å². The standard InChI is InChI=1S/C18H18F3N3O3S/c1-2-26-7-4-6-23-16(25)11-28-17-12(10-22)13(18(19,20)21)9-14(24-17)15-5-3-8-27-15/h3,5,8-9H,2,4,6-7,11H2,1H3,(H,23,25). The smallest absolute Gasteiger partial charge is 0.417 e. The van der Waals surface area contributed by atoms with Gasteiger partial charge < -0.3 is 14.5 Å². The Morgan fingerprint density at radius 1 is 1.46 bits per heavy atom. The average molecular weight is 413 g/mol. The highest BCUT2D eigenvalue weighted by molar-refractivity contribution is 8.00. The van der Waals surface area contributed by atoms with Crippen molar-refractivity contribution in [3.63, 3.8) is 0 Å². The summed E-state index contributed by atoms with van der Waals surface area (Å²) in [6, 6.07) is 5.31. The normalized spacial score (nSPS) is 11.2. The van der Waals surface area contributed by atoms with E-state index in [1.807, 2.05) is 6.92 Å². The zero-order valence-corrected chi connectivity index (χ0v) is 15.8. The maximum atomic E-state index is 13.4. The number of nitrogens with zero attached hydrogens (tertiary/aromatic N) is 2. The molecule has 0 aromatic carbocycles. The molecule has 0 spiro atoms. The summed E-state index contributed by atoms with van der Waals surface area (Å²) in [5.74, 6) is -0.406. The Morgan fingerprint density at radius 2 is 2.25 bits per heavy atom. The molecule has 1 N–H and O–H groups in total. The number of halogens is 3. The molecule has 0 saturated heterocycles. The molecule has 6 nitrogen and oxygen atoms in total. The van der Waals surface area contributed by atoms with Gasteiger partial charge in [0.2, 0.25) is 5.91 Å². The summed E-state index contributed by atoms with van der Waals surface area (Å²) in [6.45, 7) is 3.34. The molecule has 2 heterocycles. The lowest BCUT2D eigenvalue weighted by Crippen LogP contribution is -2.27. The summed E-state index contributed by atoms with van der Waals surface area (Å²) < 4.78 is 50.4. The van der Waals surface area contributed by atoms with Crippen LogP contribution in [0.15, 0.2) is 33.9 Å².